The number of nitrogens with one attached hydrogen (secondary N) is 1. The molecule has 6 nitrogen and oxygen atoms in total. The number of carbonyl (C=O) groups is 1. The highest BCUT2D eigenvalue weighted by Crippen LogP contribution is 2.25. The number of aryl methyl sites for hydroxylation is 1. The van der Waals surface area contributed by atoms with Crippen LogP contribution in [0.15, 0.2) is 67.0 Å². The van der Waals surface area contributed by atoms with Crippen molar-refractivity contribution in [2.24, 2.45) is 7.05 Å². The zero-order chi connectivity index (χ0) is 19.3. The van der Waals surface area contributed by atoms with E-state index in [1.54, 1.807) is 6.20 Å². The van der Waals surface area contributed by atoms with E-state index in [1.807, 2.05) is 72.4 Å². The summed E-state index contributed by atoms with van der Waals surface area (Å²) in [6.45, 7) is 2.92. The number of nitrogens with zero attached hydrogens (tertiary/aromatic N) is 3. The standard InChI is InChI=1S/C22H24N4O2/c1-25-12-11-23-21(25)20(17-7-3-2-4-8-17)24-22(27)18-9-5-6-10-19(18)26-13-15-28-16-14-26/h2-12,20H,13-16H2,1H3,(H,24,27). The molecule has 144 valence electrons. The normalized spacial score (nSPS) is 15.2. The molecule has 0 spiro atoms. The van der Waals surface area contributed by atoms with Crippen LogP contribution >= 0.6 is 0 Å². The lowest BCUT2D eigenvalue weighted by Gasteiger charge is -2.30. The molecule has 0 aliphatic carbocycles. The lowest BCUT2D eigenvalue weighted by atomic mass is 10.0. The van der Waals surface area contributed by atoms with Crippen LogP contribution in [0.3, 0.4) is 0 Å². The van der Waals surface area contributed by atoms with E-state index in [-0.39, 0.29) is 11.9 Å². The summed E-state index contributed by atoms with van der Waals surface area (Å²) in [5.41, 5.74) is 2.60. The van der Waals surface area contributed by atoms with Crippen LogP contribution in [0.5, 0.6) is 0 Å². The van der Waals surface area contributed by atoms with Gasteiger partial charge in [0, 0.05) is 38.2 Å². The number of morpholine rings is 1. The lowest BCUT2D eigenvalue weighted by molar-refractivity contribution is 0.0939. The van der Waals surface area contributed by atoms with Gasteiger partial charge in [-0.25, -0.2) is 4.98 Å². The van der Waals surface area contributed by atoms with E-state index in [2.05, 4.69) is 15.2 Å². The first kappa shape index (κ1) is 18.3. The van der Waals surface area contributed by atoms with Crippen molar-refractivity contribution in [3.05, 3.63) is 83.9 Å². The number of para-hydroxylation sites is 1. The van der Waals surface area contributed by atoms with Gasteiger partial charge in [0.2, 0.25) is 0 Å². The van der Waals surface area contributed by atoms with Crippen molar-refractivity contribution >= 4 is 11.6 Å². The van der Waals surface area contributed by atoms with Gasteiger partial charge in [0.25, 0.3) is 5.91 Å². The molecular weight excluding hydrogens is 352 g/mol. The van der Waals surface area contributed by atoms with Gasteiger partial charge in [-0.2, -0.15) is 0 Å². The predicted octanol–water partition coefficient (Wildman–Crippen LogP) is 2.78. The smallest absolute Gasteiger partial charge is 0.254 e. The van der Waals surface area contributed by atoms with E-state index in [0.29, 0.717) is 18.8 Å². The fraction of sp³-hybridized carbons (Fsp3) is 0.273. The summed E-state index contributed by atoms with van der Waals surface area (Å²) in [6, 6.07) is 17.3. The van der Waals surface area contributed by atoms with Gasteiger partial charge in [0.1, 0.15) is 11.9 Å². The van der Waals surface area contributed by atoms with Crippen molar-refractivity contribution in [1.29, 1.82) is 0 Å². The second-order valence-corrected chi connectivity index (χ2v) is 6.83. The highest BCUT2D eigenvalue weighted by molar-refractivity contribution is 6.00. The highest BCUT2D eigenvalue weighted by Gasteiger charge is 2.24. The summed E-state index contributed by atoms with van der Waals surface area (Å²) in [6.07, 6.45) is 3.64. The minimum atomic E-state index is -0.327. The molecule has 1 aliphatic rings. The van der Waals surface area contributed by atoms with Crippen molar-refractivity contribution in [2.45, 2.75) is 6.04 Å². The third-order valence-electron chi connectivity index (χ3n) is 5.03. The Bertz CT molecular complexity index is 932. The average molecular weight is 376 g/mol. The molecule has 0 radical (unpaired) electrons. The molecule has 0 bridgehead atoms. The van der Waals surface area contributed by atoms with Crippen LogP contribution in [-0.2, 0) is 11.8 Å². The molecule has 1 aromatic heterocycles. The first-order chi connectivity index (χ1) is 13.7. The number of rotatable bonds is 5. The number of anilines is 1. The Labute approximate surface area is 164 Å². The Morgan fingerprint density at radius 3 is 2.50 bits per heavy atom. The van der Waals surface area contributed by atoms with E-state index >= 15 is 0 Å². The third-order valence-corrected chi connectivity index (χ3v) is 5.03. The maximum atomic E-state index is 13.3. The summed E-state index contributed by atoms with van der Waals surface area (Å²) in [5.74, 6) is 0.683. The summed E-state index contributed by atoms with van der Waals surface area (Å²) >= 11 is 0. The Balaban J connectivity index is 1.65. The SMILES string of the molecule is Cn1ccnc1C(NC(=O)c1ccccc1N1CCOCC1)c1ccccc1. The monoisotopic (exact) mass is 376 g/mol. The second kappa shape index (κ2) is 8.27. The fourth-order valence-electron chi connectivity index (χ4n) is 3.55. The minimum absolute atomic E-state index is 0.112. The van der Waals surface area contributed by atoms with Gasteiger partial charge in [0.05, 0.1) is 18.8 Å². The van der Waals surface area contributed by atoms with E-state index < -0.39 is 0 Å². The predicted molar refractivity (Wildman–Crippen MR) is 108 cm³/mol. The molecule has 1 amide bonds. The topological polar surface area (TPSA) is 59.4 Å². The lowest BCUT2D eigenvalue weighted by Crippen LogP contribution is -2.38. The van der Waals surface area contributed by atoms with Crippen molar-refractivity contribution in [1.82, 2.24) is 14.9 Å². The zero-order valence-corrected chi connectivity index (χ0v) is 15.9. The van der Waals surface area contributed by atoms with Gasteiger partial charge in [-0.3, -0.25) is 4.79 Å². The highest BCUT2D eigenvalue weighted by atomic mass is 16.5. The maximum absolute atomic E-state index is 13.3. The number of hydrogen-bond acceptors (Lipinski definition) is 4. The Morgan fingerprint density at radius 2 is 1.79 bits per heavy atom. The van der Waals surface area contributed by atoms with Crippen LogP contribution in [0, 0.1) is 0 Å². The van der Waals surface area contributed by atoms with E-state index in [4.69, 9.17) is 4.74 Å². The Hall–Kier alpha value is -3.12. The molecule has 3 aromatic rings. The van der Waals surface area contributed by atoms with Gasteiger partial charge in [-0.1, -0.05) is 42.5 Å². The van der Waals surface area contributed by atoms with Crippen LogP contribution in [0.4, 0.5) is 5.69 Å². The number of hydrogen-bond donors (Lipinski definition) is 1. The van der Waals surface area contributed by atoms with E-state index in [0.717, 1.165) is 30.2 Å². The average Bonchev–Trinajstić information content (AvgIpc) is 3.18. The minimum Gasteiger partial charge on any atom is -0.378 e. The van der Waals surface area contributed by atoms with Crippen LogP contribution in [-0.4, -0.2) is 41.8 Å². The molecule has 1 unspecified atom stereocenters. The van der Waals surface area contributed by atoms with Gasteiger partial charge in [0.15, 0.2) is 0 Å². The third kappa shape index (κ3) is 3.77. The summed E-state index contributed by atoms with van der Waals surface area (Å²) in [5, 5.41) is 3.19. The largest absolute Gasteiger partial charge is 0.378 e. The summed E-state index contributed by atoms with van der Waals surface area (Å²) < 4.78 is 7.39. The molecule has 1 atom stereocenters. The Morgan fingerprint density at radius 1 is 1.07 bits per heavy atom. The first-order valence-electron chi connectivity index (χ1n) is 9.49. The summed E-state index contributed by atoms with van der Waals surface area (Å²) in [4.78, 5) is 20.0. The molecule has 1 N–H and O–H groups in total. The van der Waals surface area contributed by atoms with Crippen LogP contribution < -0.4 is 10.2 Å². The Kier molecular flexibility index (Phi) is 5.39. The fourth-order valence-corrected chi connectivity index (χ4v) is 3.55. The van der Waals surface area contributed by atoms with Crippen molar-refractivity contribution in [3.8, 4) is 0 Å². The number of amides is 1. The van der Waals surface area contributed by atoms with Gasteiger partial charge < -0.3 is 19.5 Å². The van der Waals surface area contributed by atoms with Crippen LogP contribution in [0.25, 0.3) is 0 Å². The number of imidazole rings is 1. The molecule has 1 fully saturated rings. The van der Waals surface area contributed by atoms with Crippen molar-refractivity contribution in [3.63, 3.8) is 0 Å². The molecule has 6 heteroatoms. The molecule has 1 saturated heterocycles. The van der Waals surface area contributed by atoms with E-state index in [1.165, 1.54) is 0 Å². The van der Waals surface area contributed by atoms with Gasteiger partial charge in [-0.15, -0.1) is 0 Å². The van der Waals surface area contributed by atoms with Gasteiger partial charge >= 0.3 is 0 Å². The molecular formula is C22H24N4O2. The van der Waals surface area contributed by atoms with Crippen LogP contribution in [0.1, 0.15) is 27.8 Å². The summed E-state index contributed by atoms with van der Waals surface area (Å²) in [7, 11) is 1.94. The zero-order valence-electron chi connectivity index (χ0n) is 15.9. The number of carbonyl (C=O) groups excluding carboxylic acids is 1. The molecule has 2 aromatic carbocycles. The molecule has 2 heterocycles. The van der Waals surface area contributed by atoms with Crippen molar-refractivity contribution < 1.29 is 9.53 Å². The first-order valence-corrected chi connectivity index (χ1v) is 9.49. The maximum Gasteiger partial charge on any atom is 0.254 e. The van der Waals surface area contributed by atoms with Gasteiger partial charge in [-0.05, 0) is 17.7 Å². The van der Waals surface area contributed by atoms with E-state index in [9.17, 15) is 4.79 Å². The number of ether oxygens (including phenoxy) is 1. The number of aromatic nitrogens is 2. The molecule has 0 saturated carbocycles. The second-order valence-electron chi connectivity index (χ2n) is 6.83. The molecule has 1 aliphatic heterocycles. The molecule has 28 heavy (non-hydrogen) atoms. The quantitative estimate of drug-likeness (QED) is 0.744. The molecule has 4 rings (SSSR count). The van der Waals surface area contributed by atoms with Crippen LogP contribution in [0.2, 0.25) is 0 Å². The van der Waals surface area contributed by atoms with Crippen molar-refractivity contribution in [2.75, 3.05) is 31.2 Å². The number of benzene rings is 2.